The van der Waals surface area contributed by atoms with Gasteiger partial charge in [0.1, 0.15) is 11.6 Å². The Labute approximate surface area is 110 Å². The molecule has 3 aromatic rings. The van der Waals surface area contributed by atoms with Gasteiger partial charge >= 0.3 is 0 Å². The SMILES string of the molecule is COc1ccc2c(Nc3ccn(C)n3)nccc2c1. The molecule has 0 fully saturated rings. The third kappa shape index (κ3) is 2.22. The molecule has 0 saturated heterocycles. The lowest BCUT2D eigenvalue weighted by atomic mass is 10.1. The van der Waals surface area contributed by atoms with Gasteiger partial charge in [-0.15, -0.1) is 0 Å². The van der Waals surface area contributed by atoms with E-state index in [1.54, 1.807) is 18.0 Å². The first-order valence-corrected chi connectivity index (χ1v) is 5.96. The fraction of sp³-hybridized carbons (Fsp3) is 0.143. The predicted molar refractivity (Wildman–Crippen MR) is 74.8 cm³/mol. The fourth-order valence-corrected chi connectivity index (χ4v) is 1.99. The number of pyridine rings is 1. The summed E-state index contributed by atoms with van der Waals surface area (Å²) in [5, 5.41) is 9.62. The van der Waals surface area contributed by atoms with Gasteiger partial charge in [-0.1, -0.05) is 0 Å². The Morgan fingerprint density at radius 1 is 1.21 bits per heavy atom. The van der Waals surface area contributed by atoms with Gasteiger partial charge < -0.3 is 10.1 Å². The van der Waals surface area contributed by atoms with Crippen LogP contribution in [0.4, 0.5) is 11.6 Å². The normalized spacial score (nSPS) is 10.6. The molecule has 1 aromatic carbocycles. The molecule has 1 N–H and O–H groups in total. The Hall–Kier alpha value is -2.56. The van der Waals surface area contributed by atoms with Crippen LogP contribution in [0.1, 0.15) is 0 Å². The van der Waals surface area contributed by atoms with E-state index >= 15 is 0 Å². The molecule has 2 aromatic heterocycles. The van der Waals surface area contributed by atoms with Crippen LogP contribution >= 0.6 is 0 Å². The maximum atomic E-state index is 5.23. The molecule has 96 valence electrons. The Bertz CT molecular complexity index is 720. The van der Waals surface area contributed by atoms with Crippen LogP contribution in [0.25, 0.3) is 10.8 Å². The van der Waals surface area contributed by atoms with E-state index in [9.17, 15) is 0 Å². The third-order valence-corrected chi connectivity index (χ3v) is 2.93. The number of rotatable bonds is 3. The highest BCUT2D eigenvalue weighted by Crippen LogP contribution is 2.26. The second-order valence-corrected chi connectivity index (χ2v) is 4.25. The van der Waals surface area contributed by atoms with Gasteiger partial charge in [0.05, 0.1) is 7.11 Å². The van der Waals surface area contributed by atoms with E-state index < -0.39 is 0 Å². The van der Waals surface area contributed by atoms with E-state index in [-0.39, 0.29) is 0 Å². The topological polar surface area (TPSA) is 52.0 Å². The molecule has 0 atom stereocenters. The summed E-state index contributed by atoms with van der Waals surface area (Å²) in [7, 11) is 3.54. The first-order chi connectivity index (χ1) is 9.26. The number of hydrogen-bond acceptors (Lipinski definition) is 4. The number of nitrogens with one attached hydrogen (secondary N) is 1. The molecule has 3 rings (SSSR count). The molecule has 5 heteroatoms. The lowest BCUT2D eigenvalue weighted by Gasteiger charge is -2.07. The molecule has 19 heavy (non-hydrogen) atoms. The second-order valence-electron chi connectivity index (χ2n) is 4.25. The monoisotopic (exact) mass is 254 g/mol. The van der Waals surface area contributed by atoms with E-state index in [0.717, 1.165) is 28.2 Å². The summed E-state index contributed by atoms with van der Waals surface area (Å²) in [6, 6.07) is 9.77. The number of benzene rings is 1. The van der Waals surface area contributed by atoms with Gasteiger partial charge in [-0.3, -0.25) is 4.68 Å². The van der Waals surface area contributed by atoms with Gasteiger partial charge in [0.15, 0.2) is 5.82 Å². The maximum Gasteiger partial charge on any atom is 0.153 e. The van der Waals surface area contributed by atoms with Crippen molar-refractivity contribution in [1.82, 2.24) is 14.8 Å². The van der Waals surface area contributed by atoms with Crippen molar-refractivity contribution >= 4 is 22.4 Å². The van der Waals surface area contributed by atoms with Crippen LogP contribution in [0, 0.1) is 0 Å². The van der Waals surface area contributed by atoms with Crippen LogP contribution in [-0.2, 0) is 7.05 Å². The van der Waals surface area contributed by atoms with Crippen molar-refractivity contribution in [2.24, 2.45) is 7.05 Å². The summed E-state index contributed by atoms with van der Waals surface area (Å²) in [6.45, 7) is 0. The van der Waals surface area contributed by atoms with Crippen molar-refractivity contribution in [2.75, 3.05) is 12.4 Å². The summed E-state index contributed by atoms with van der Waals surface area (Å²) in [4.78, 5) is 4.37. The molecule has 0 aliphatic heterocycles. The van der Waals surface area contributed by atoms with Gasteiger partial charge in [0, 0.05) is 30.9 Å². The molecule has 0 radical (unpaired) electrons. The van der Waals surface area contributed by atoms with Crippen molar-refractivity contribution in [3.63, 3.8) is 0 Å². The Morgan fingerprint density at radius 3 is 2.84 bits per heavy atom. The lowest BCUT2D eigenvalue weighted by molar-refractivity contribution is 0.415. The van der Waals surface area contributed by atoms with Crippen molar-refractivity contribution in [2.45, 2.75) is 0 Å². The molecular weight excluding hydrogens is 240 g/mol. The molecule has 0 unspecified atom stereocenters. The molecule has 0 bridgehead atoms. The third-order valence-electron chi connectivity index (χ3n) is 2.93. The van der Waals surface area contributed by atoms with Crippen molar-refractivity contribution in [1.29, 1.82) is 0 Å². The molecule has 0 aliphatic carbocycles. The van der Waals surface area contributed by atoms with E-state index in [2.05, 4.69) is 15.4 Å². The Morgan fingerprint density at radius 2 is 2.11 bits per heavy atom. The van der Waals surface area contributed by atoms with Crippen LogP contribution < -0.4 is 10.1 Å². The van der Waals surface area contributed by atoms with Crippen LogP contribution in [0.3, 0.4) is 0 Å². The lowest BCUT2D eigenvalue weighted by Crippen LogP contribution is -1.96. The van der Waals surface area contributed by atoms with Crippen LogP contribution in [-0.4, -0.2) is 21.9 Å². The minimum absolute atomic E-state index is 0.776. The van der Waals surface area contributed by atoms with Crippen LogP contribution in [0.15, 0.2) is 42.7 Å². The molecule has 0 aliphatic rings. The Kier molecular flexibility index (Phi) is 2.79. The number of fused-ring (bicyclic) bond motifs is 1. The molecule has 0 spiro atoms. The first kappa shape index (κ1) is 11.5. The summed E-state index contributed by atoms with van der Waals surface area (Å²) < 4.78 is 6.97. The summed E-state index contributed by atoms with van der Waals surface area (Å²) in [5.41, 5.74) is 0. The molecule has 2 heterocycles. The molecular formula is C14H14N4O. The highest BCUT2D eigenvalue weighted by molar-refractivity contribution is 5.93. The van der Waals surface area contributed by atoms with Gasteiger partial charge in [0.2, 0.25) is 0 Å². The highest BCUT2D eigenvalue weighted by atomic mass is 16.5. The van der Waals surface area contributed by atoms with E-state index in [1.807, 2.05) is 43.6 Å². The van der Waals surface area contributed by atoms with Crippen molar-refractivity contribution in [3.8, 4) is 5.75 Å². The zero-order valence-corrected chi connectivity index (χ0v) is 10.8. The minimum atomic E-state index is 0.776. The molecule has 5 nitrogen and oxygen atoms in total. The number of aromatic nitrogens is 3. The Balaban J connectivity index is 2.03. The van der Waals surface area contributed by atoms with Crippen LogP contribution in [0.5, 0.6) is 5.75 Å². The maximum absolute atomic E-state index is 5.23. The number of ether oxygens (including phenoxy) is 1. The summed E-state index contributed by atoms with van der Waals surface area (Å²) in [5.74, 6) is 2.40. The zero-order valence-electron chi connectivity index (χ0n) is 10.8. The van der Waals surface area contributed by atoms with E-state index in [1.165, 1.54) is 0 Å². The van der Waals surface area contributed by atoms with Gasteiger partial charge in [-0.05, 0) is 29.7 Å². The van der Waals surface area contributed by atoms with Gasteiger partial charge in [-0.25, -0.2) is 4.98 Å². The molecule has 0 saturated carbocycles. The molecule has 0 amide bonds. The second kappa shape index (κ2) is 4.61. The summed E-state index contributed by atoms with van der Waals surface area (Å²) >= 11 is 0. The average Bonchev–Trinajstić information content (AvgIpc) is 2.84. The van der Waals surface area contributed by atoms with Crippen molar-refractivity contribution in [3.05, 3.63) is 42.7 Å². The quantitative estimate of drug-likeness (QED) is 0.780. The number of methoxy groups -OCH3 is 1. The zero-order chi connectivity index (χ0) is 13.2. The highest BCUT2D eigenvalue weighted by Gasteiger charge is 2.05. The number of anilines is 2. The number of aryl methyl sites for hydroxylation is 1. The minimum Gasteiger partial charge on any atom is -0.497 e. The largest absolute Gasteiger partial charge is 0.497 e. The first-order valence-electron chi connectivity index (χ1n) is 5.96. The van der Waals surface area contributed by atoms with Crippen LogP contribution in [0.2, 0.25) is 0 Å². The van der Waals surface area contributed by atoms with Gasteiger partial charge in [-0.2, -0.15) is 5.10 Å². The standard InChI is InChI=1S/C14H14N4O/c1-18-8-6-13(17-18)16-14-12-4-3-11(19-2)9-10(12)5-7-15-14/h3-9H,1-2H3,(H,15,16,17). The number of nitrogens with zero attached hydrogens (tertiary/aromatic N) is 3. The fourth-order valence-electron chi connectivity index (χ4n) is 1.99. The van der Waals surface area contributed by atoms with Gasteiger partial charge in [0.25, 0.3) is 0 Å². The van der Waals surface area contributed by atoms with Crippen molar-refractivity contribution < 1.29 is 4.74 Å². The average molecular weight is 254 g/mol. The van der Waals surface area contributed by atoms with E-state index in [0.29, 0.717) is 0 Å². The summed E-state index contributed by atoms with van der Waals surface area (Å²) in [6.07, 6.45) is 3.66. The smallest absolute Gasteiger partial charge is 0.153 e. The number of hydrogen-bond donors (Lipinski definition) is 1. The van der Waals surface area contributed by atoms with E-state index in [4.69, 9.17) is 4.74 Å². The predicted octanol–water partition coefficient (Wildman–Crippen LogP) is 2.72.